The number of carbonyl (C=O) groups is 1. The number of hydrogen-bond donors (Lipinski definition) is 1. The van der Waals surface area contributed by atoms with Crippen molar-refractivity contribution in [2.75, 3.05) is 5.32 Å². The largest absolute Gasteiger partial charge is 0.322 e. The lowest BCUT2D eigenvalue weighted by molar-refractivity contribution is -0.114. The van der Waals surface area contributed by atoms with Gasteiger partial charge < -0.3 is 5.32 Å². The van der Waals surface area contributed by atoms with Crippen LogP contribution in [0.4, 0.5) is 10.1 Å². The predicted molar refractivity (Wildman–Crippen MR) is 38.5 cm³/mol. The van der Waals surface area contributed by atoms with Crippen LogP contribution in [0.25, 0.3) is 0 Å². The number of pyridine rings is 1. The second kappa shape index (κ2) is 3.09. The molecule has 1 amide bonds. The molecule has 1 aromatic heterocycles. The molecule has 0 radical (unpaired) electrons. The zero-order valence-corrected chi connectivity index (χ0v) is 5.97. The predicted octanol–water partition coefficient (Wildman–Crippen LogP) is 1.18. The van der Waals surface area contributed by atoms with E-state index in [0.29, 0.717) is 0 Å². The second-order valence-electron chi connectivity index (χ2n) is 2.02. The summed E-state index contributed by atoms with van der Waals surface area (Å²) in [6, 6.07) is 3.00. The molecular weight excluding hydrogens is 147 g/mol. The summed E-state index contributed by atoms with van der Waals surface area (Å²) < 4.78 is 12.6. The quantitative estimate of drug-likeness (QED) is 0.617. The highest BCUT2D eigenvalue weighted by molar-refractivity contribution is 5.88. The molecule has 58 valence electrons. The van der Waals surface area contributed by atoms with Crippen molar-refractivity contribution in [2.24, 2.45) is 0 Å². The molecule has 0 aliphatic carbocycles. The standard InChI is InChI=1S/C7H7FN2O/c1-5(11)10-6-3-2-4-9-7(6)8/h2-4H,1H3,(H,10,11). The van der Waals surface area contributed by atoms with Gasteiger partial charge in [-0.3, -0.25) is 4.79 Å². The van der Waals surface area contributed by atoms with Crippen molar-refractivity contribution < 1.29 is 9.18 Å². The van der Waals surface area contributed by atoms with E-state index in [1.165, 1.54) is 19.2 Å². The first kappa shape index (κ1) is 7.65. The molecular formula is C7H7FN2O. The zero-order valence-electron chi connectivity index (χ0n) is 5.97. The first-order chi connectivity index (χ1) is 5.20. The maximum atomic E-state index is 12.6. The van der Waals surface area contributed by atoms with Gasteiger partial charge in [0, 0.05) is 13.1 Å². The van der Waals surface area contributed by atoms with E-state index in [1.54, 1.807) is 6.07 Å². The highest BCUT2D eigenvalue weighted by atomic mass is 19.1. The van der Waals surface area contributed by atoms with Gasteiger partial charge in [-0.05, 0) is 12.1 Å². The van der Waals surface area contributed by atoms with Gasteiger partial charge in [0.15, 0.2) is 0 Å². The van der Waals surface area contributed by atoms with Crippen LogP contribution in [0.3, 0.4) is 0 Å². The molecule has 0 atom stereocenters. The topological polar surface area (TPSA) is 42.0 Å². The zero-order chi connectivity index (χ0) is 8.27. The van der Waals surface area contributed by atoms with Gasteiger partial charge in [-0.25, -0.2) is 4.98 Å². The highest BCUT2D eigenvalue weighted by Crippen LogP contribution is 2.08. The number of amides is 1. The molecule has 0 bridgehead atoms. The molecule has 0 unspecified atom stereocenters. The van der Waals surface area contributed by atoms with Crippen LogP contribution in [0, 0.1) is 5.95 Å². The number of halogens is 1. The highest BCUT2D eigenvalue weighted by Gasteiger charge is 2.01. The fourth-order valence-corrected chi connectivity index (χ4v) is 0.669. The van der Waals surface area contributed by atoms with Crippen LogP contribution in [-0.4, -0.2) is 10.9 Å². The molecule has 0 aliphatic heterocycles. The van der Waals surface area contributed by atoms with Crippen LogP contribution in [0.15, 0.2) is 18.3 Å². The minimum Gasteiger partial charge on any atom is -0.322 e. The lowest BCUT2D eigenvalue weighted by atomic mass is 10.4. The number of carbonyl (C=O) groups excluding carboxylic acids is 1. The Labute approximate surface area is 63.3 Å². The summed E-state index contributed by atoms with van der Waals surface area (Å²) >= 11 is 0. The third-order valence-corrected chi connectivity index (χ3v) is 1.07. The lowest BCUT2D eigenvalue weighted by Gasteiger charge is -2.00. The smallest absolute Gasteiger partial charge is 0.236 e. The first-order valence-electron chi connectivity index (χ1n) is 3.08. The molecule has 1 rings (SSSR count). The van der Waals surface area contributed by atoms with Crippen LogP contribution < -0.4 is 5.32 Å². The van der Waals surface area contributed by atoms with E-state index in [9.17, 15) is 9.18 Å². The average Bonchev–Trinajstić information content (AvgIpc) is 1.93. The summed E-state index contributed by atoms with van der Waals surface area (Å²) in [5, 5.41) is 2.30. The Bertz CT molecular complexity index is 275. The van der Waals surface area contributed by atoms with Crippen molar-refractivity contribution in [1.29, 1.82) is 0 Å². The molecule has 0 saturated heterocycles. The summed E-state index contributed by atoms with van der Waals surface area (Å²) in [4.78, 5) is 13.8. The van der Waals surface area contributed by atoms with Gasteiger partial charge in [-0.15, -0.1) is 0 Å². The van der Waals surface area contributed by atoms with Crippen molar-refractivity contribution >= 4 is 11.6 Å². The fourth-order valence-electron chi connectivity index (χ4n) is 0.669. The van der Waals surface area contributed by atoms with Gasteiger partial charge in [0.25, 0.3) is 0 Å². The van der Waals surface area contributed by atoms with Crippen LogP contribution in [0.1, 0.15) is 6.92 Å². The summed E-state index contributed by atoms with van der Waals surface area (Å²) in [6.07, 6.45) is 1.32. The van der Waals surface area contributed by atoms with E-state index in [1.807, 2.05) is 0 Å². The van der Waals surface area contributed by atoms with Crippen LogP contribution in [-0.2, 0) is 4.79 Å². The molecule has 1 N–H and O–H groups in total. The Morgan fingerprint density at radius 3 is 3.00 bits per heavy atom. The fraction of sp³-hybridized carbons (Fsp3) is 0.143. The number of anilines is 1. The molecule has 0 spiro atoms. The van der Waals surface area contributed by atoms with Gasteiger partial charge in [-0.1, -0.05) is 0 Å². The third-order valence-electron chi connectivity index (χ3n) is 1.07. The minimum atomic E-state index is -0.664. The van der Waals surface area contributed by atoms with E-state index in [4.69, 9.17) is 0 Å². The Morgan fingerprint density at radius 2 is 2.45 bits per heavy atom. The van der Waals surface area contributed by atoms with E-state index in [2.05, 4.69) is 10.3 Å². The van der Waals surface area contributed by atoms with Gasteiger partial charge in [0.2, 0.25) is 11.9 Å². The maximum absolute atomic E-state index is 12.6. The van der Waals surface area contributed by atoms with E-state index < -0.39 is 5.95 Å². The second-order valence-corrected chi connectivity index (χ2v) is 2.02. The van der Waals surface area contributed by atoms with Crippen molar-refractivity contribution in [3.8, 4) is 0 Å². The molecule has 1 aromatic rings. The van der Waals surface area contributed by atoms with Gasteiger partial charge in [0.1, 0.15) is 0 Å². The number of aromatic nitrogens is 1. The molecule has 0 fully saturated rings. The summed E-state index contributed by atoms with van der Waals surface area (Å²) in [6.45, 7) is 1.31. The van der Waals surface area contributed by atoms with E-state index >= 15 is 0 Å². The number of rotatable bonds is 1. The molecule has 0 aromatic carbocycles. The summed E-state index contributed by atoms with van der Waals surface area (Å²) in [5.74, 6) is -0.973. The van der Waals surface area contributed by atoms with E-state index in [0.717, 1.165) is 0 Å². The lowest BCUT2D eigenvalue weighted by Crippen LogP contribution is -2.07. The van der Waals surface area contributed by atoms with Crippen molar-refractivity contribution in [3.63, 3.8) is 0 Å². The summed E-state index contributed by atoms with van der Waals surface area (Å²) in [5.41, 5.74) is 0.111. The number of nitrogens with one attached hydrogen (secondary N) is 1. The molecule has 0 aliphatic rings. The maximum Gasteiger partial charge on any atom is 0.236 e. The number of hydrogen-bond acceptors (Lipinski definition) is 2. The normalized spacial score (nSPS) is 9.27. The van der Waals surface area contributed by atoms with Crippen molar-refractivity contribution in [2.45, 2.75) is 6.92 Å². The SMILES string of the molecule is CC(=O)Nc1cccnc1F. The third kappa shape index (κ3) is 2.00. The van der Waals surface area contributed by atoms with Crippen molar-refractivity contribution in [3.05, 3.63) is 24.3 Å². The minimum absolute atomic E-state index is 0.111. The average molecular weight is 154 g/mol. The molecule has 11 heavy (non-hydrogen) atoms. The van der Waals surface area contributed by atoms with E-state index in [-0.39, 0.29) is 11.6 Å². The molecule has 3 nitrogen and oxygen atoms in total. The van der Waals surface area contributed by atoms with Gasteiger partial charge >= 0.3 is 0 Å². The Hall–Kier alpha value is -1.45. The molecule has 0 saturated carbocycles. The van der Waals surface area contributed by atoms with Gasteiger partial charge in [-0.2, -0.15) is 4.39 Å². The van der Waals surface area contributed by atoms with Crippen LogP contribution in [0.5, 0.6) is 0 Å². The van der Waals surface area contributed by atoms with Crippen LogP contribution >= 0.6 is 0 Å². The number of nitrogens with zero attached hydrogens (tertiary/aromatic N) is 1. The Kier molecular flexibility index (Phi) is 2.15. The molecule has 4 heteroatoms. The van der Waals surface area contributed by atoms with Crippen molar-refractivity contribution in [1.82, 2.24) is 4.98 Å². The monoisotopic (exact) mass is 154 g/mol. The van der Waals surface area contributed by atoms with Crippen LogP contribution in [0.2, 0.25) is 0 Å². The Morgan fingerprint density at radius 1 is 1.73 bits per heavy atom. The van der Waals surface area contributed by atoms with Gasteiger partial charge in [0.05, 0.1) is 5.69 Å². The molecule has 1 heterocycles. The Balaban J connectivity index is 2.86. The summed E-state index contributed by atoms with van der Waals surface area (Å²) in [7, 11) is 0. The first-order valence-corrected chi connectivity index (χ1v) is 3.08.